The van der Waals surface area contributed by atoms with Crippen molar-refractivity contribution in [1.29, 1.82) is 0 Å². The molecular weight excluding hydrogens is 427 g/mol. The summed E-state index contributed by atoms with van der Waals surface area (Å²) in [5, 5.41) is 1.05. The molecule has 2 aliphatic heterocycles. The zero-order chi connectivity index (χ0) is 21.3. The van der Waals surface area contributed by atoms with Crippen molar-refractivity contribution in [3.8, 4) is 11.5 Å². The maximum absolute atomic E-state index is 13.5. The Bertz CT molecular complexity index is 909. The van der Waals surface area contributed by atoms with Gasteiger partial charge >= 0.3 is 6.03 Å². The van der Waals surface area contributed by atoms with Gasteiger partial charge in [0.1, 0.15) is 11.5 Å². The molecule has 2 aromatic rings. The summed E-state index contributed by atoms with van der Waals surface area (Å²) in [6.45, 7) is 2.80. The molecule has 0 aromatic heterocycles. The van der Waals surface area contributed by atoms with Crippen molar-refractivity contribution in [2.24, 2.45) is 0 Å². The first-order chi connectivity index (χ1) is 14.5. The Morgan fingerprint density at radius 2 is 1.70 bits per heavy atom. The van der Waals surface area contributed by atoms with Crippen LogP contribution in [-0.2, 0) is 11.2 Å². The number of urea groups is 1. The molecule has 1 fully saturated rings. The molecule has 0 saturated carbocycles. The minimum atomic E-state index is -0.374. The summed E-state index contributed by atoms with van der Waals surface area (Å²) in [7, 11) is 3.26. The van der Waals surface area contributed by atoms with Gasteiger partial charge in [-0.25, -0.2) is 4.79 Å². The lowest BCUT2D eigenvalue weighted by Gasteiger charge is -2.42. The number of amides is 2. The number of ether oxygens (including phenoxy) is 3. The highest BCUT2D eigenvalue weighted by molar-refractivity contribution is 6.34. The van der Waals surface area contributed by atoms with E-state index >= 15 is 0 Å². The van der Waals surface area contributed by atoms with Crippen LogP contribution in [0.1, 0.15) is 22.7 Å². The van der Waals surface area contributed by atoms with Gasteiger partial charge in [-0.1, -0.05) is 23.2 Å². The van der Waals surface area contributed by atoms with Gasteiger partial charge in [0.25, 0.3) is 0 Å². The van der Waals surface area contributed by atoms with E-state index in [1.807, 2.05) is 34.1 Å². The number of benzene rings is 2. The van der Waals surface area contributed by atoms with Crippen LogP contribution in [0.25, 0.3) is 0 Å². The SMILES string of the molecule is COc1cc2c(c(OC)c1)C(c1cc(Cl)cc(Cl)c1)N(C(=O)N1CCOCC1)CC2. The summed E-state index contributed by atoms with van der Waals surface area (Å²) < 4.78 is 16.6. The van der Waals surface area contributed by atoms with Gasteiger partial charge in [-0.2, -0.15) is 0 Å². The maximum atomic E-state index is 13.5. The quantitative estimate of drug-likeness (QED) is 0.694. The Balaban J connectivity index is 1.85. The van der Waals surface area contributed by atoms with Crippen LogP contribution in [0, 0.1) is 0 Å². The average Bonchev–Trinajstić information content (AvgIpc) is 2.76. The van der Waals surface area contributed by atoms with E-state index in [0.29, 0.717) is 55.1 Å². The lowest BCUT2D eigenvalue weighted by molar-refractivity contribution is 0.0399. The Hall–Kier alpha value is -2.15. The molecule has 160 valence electrons. The van der Waals surface area contributed by atoms with Crippen LogP contribution in [0.2, 0.25) is 10.0 Å². The van der Waals surface area contributed by atoms with E-state index in [2.05, 4.69) is 0 Å². The first-order valence-corrected chi connectivity index (χ1v) is 10.6. The molecule has 2 aromatic carbocycles. The van der Waals surface area contributed by atoms with Crippen molar-refractivity contribution in [1.82, 2.24) is 9.80 Å². The fraction of sp³-hybridized carbons (Fsp3) is 0.409. The number of morpholine rings is 1. The summed E-state index contributed by atoms with van der Waals surface area (Å²) in [5.74, 6) is 1.39. The van der Waals surface area contributed by atoms with Crippen LogP contribution < -0.4 is 9.47 Å². The standard InChI is InChI=1S/C22H24Cl2N2O4/c1-28-18-11-14-3-4-26(22(27)25-5-7-30-8-6-25)21(20(14)19(13-18)29-2)15-9-16(23)12-17(24)10-15/h9-13,21H,3-8H2,1-2H3. The number of fused-ring (bicyclic) bond motifs is 1. The minimum Gasteiger partial charge on any atom is -0.497 e. The van der Waals surface area contributed by atoms with Gasteiger partial charge in [-0.05, 0) is 41.8 Å². The highest BCUT2D eigenvalue weighted by Crippen LogP contribution is 2.44. The molecule has 2 aliphatic rings. The molecule has 0 spiro atoms. The van der Waals surface area contributed by atoms with Crippen LogP contribution in [0.3, 0.4) is 0 Å². The van der Waals surface area contributed by atoms with Crippen LogP contribution in [-0.4, -0.2) is 62.9 Å². The molecule has 1 saturated heterocycles. The Morgan fingerprint density at radius 3 is 2.33 bits per heavy atom. The van der Waals surface area contributed by atoms with Crippen molar-refractivity contribution in [3.63, 3.8) is 0 Å². The van der Waals surface area contributed by atoms with Gasteiger partial charge in [-0.3, -0.25) is 0 Å². The summed E-state index contributed by atoms with van der Waals surface area (Å²) in [6, 6.07) is 8.86. The third-order valence-electron chi connectivity index (χ3n) is 5.59. The monoisotopic (exact) mass is 450 g/mol. The molecule has 2 heterocycles. The molecular formula is C22H24Cl2N2O4. The molecule has 1 atom stereocenters. The van der Waals surface area contributed by atoms with Gasteiger partial charge in [0, 0.05) is 41.3 Å². The number of hydrogen-bond acceptors (Lipinski definition) is 4. The smallest absolute Gasteiger partial charge is 0.320 e. The Labute approximate surface area is 186 Å². The highest BCUT2D eigenvalue weighted by Gasteiger charge is 2.37. The lowest BCUT2D eigenvalue weighted by Crippen LogP contribution is -2.51. The van der Waals surface area contributed by atoms with Crippen LogP contribution in [0.5, 0.6) is 11.5 Å². The van der Waals surface area contributed by atoms with Crippen molar-refractivity contribution >= 4 is 29.2 Å². The normalized spacial score (nSPS) is 18.7. The largest absolute Gasteiger partial charge is 0.497 e. The fourth-order valence-electron chi connectivity index (χ4n) is 4.21. The summed E-state index contributed by atoms with van der Waals surface area (Å²) in [5.41, 5.74) is 2.86. The van der Waals surface area contributed by atoms with Gasteiger partial charge in [0.15, 0.2) is 0 Å². The molecule has 0 aliphatic carbocycles. The van der Waals surface area contributed by atoms with E-state index in [1.165, 1.54) is 0 Å². The number of rotatable bonds is 3. The predicted octanol–water partition coefficient (Wildman–Crippen LogP) is 4.41. The third kappa shape index (κ3) is 4.04. The van der Waals surface area contributed by atoms with E-state index in [9.17, 15) is 4.79 Å². The van der Waals surface area contributed by atoms with E-state index in [-0.39, 0.29) is 12.1 Å². The second kappa shape index (κ2) is 8.92. The molecule has 8 heteroatoms. The molecule has 0 bridgehead atoms. The van der Waals surface area contributed by atoms with Crippen LogP contribution in [0.15, 0.2) is 30.3 Å². The zero-order valence-corrected chi connectivity index (χ0v) is 18.5. The molecule has 1 unspecified atom stereocenters. The summed E-state index contributed by atoms with van der Waals surface area (Å²) >= 11 is 12.7. The van der Waals surface area contributed by atoms with E-state index in [1.54, 1.807) is 20.3 Å². The van der Waals surface area contributed by atoms with E-state index in [0.717, 1.165) is 22.4 Å². The molecule has 30 heavy (non-hydrogen) atoms. The number of nitrogens with zero attached hydrogens (tertiary/aromatic N) is 2. The van der Waals surface area contributed by atoms with Gasteiger partial charge in [0.05, 0.1) is 33.5 Å². The number of carbonyl (C=O) groups is 1. The van der Waals surface area contributed by atoms with Crippen molar-refractivity contribution in [2.45, 2.75) is 12.5 Å². The molecule has 2 amide bonds. The van der Waals surface area contributed by atoms with Gasteiger partial charge in [-0.15, -0.1) is 0 Å². The van der Waals surface area contributed by atoms with Crippen molar-refractivity contribution in [3.05, 3.63) is 57.1 Å². The van der Waals surface area contributed by atoms with E-state index < -0.39 is 0 Å². The number of methoxy groups -OCH3 is 2. The van der Waals surface area contributed by atoms with Gasteiger partial charge < -0.3 is 24.0 Å². The first kappa shape index (κ1) is 21.1. The Morgan fingerprint density at radius 1 is 1.00 bits per heavy atom. The van der Waals surface area contributed by atoms with E-state index in [4.69, 9.17) is 37.4 Å². The number of carbonyl (C=O) groups excluding carboxylic acids is 1. The number of halogens is 2. The third-order valence-corrected chi connectivity index (χ3v) is 6.03. The highest BCUT2D eigenvalue weighted by atomic mass is 35.5. The summed E-state index contributed by atoms with van der Waals surface area (Å²) in [4.78, 5) is 17.2. The zero-order valence-electron chi connectivity index (χ0n) is 17.0. The second-order valence-corrected chi connectivity index (χ2v) is 8.21. The molecule has 0 N–H and O–H groups in total. The second-order valence-electron chi connectivity index (χ2n) is 7.33. The fourth-order valence-corrected chi connectivity index (χ4v) is 4.75. The predicted molar refractivity (Wildman–Crippen MR) is 116 cm³/mol. The molecule has 6 nitrogen and oxygen atoms in total. The first-order valence-electron chi connectivity index (χ1n) is 9.86. The number of hydrogen-bond donors (Lipinski definition) is 0. The lowest BCUT2D eigenvalue weighted by atomic mass is 9.87. The topological polar surface area (TPSA) is 51.2 Å². The van der Waals surface area contributed by atoms with Gasteiger partial charge in [0.2, 0.25) is 0 Å². The van der Waals surface area contributed by atoms with Crippen LogP contribution in [0.4, 0.5) is 4.79 Å². The molecule has 4 rings (SSSR count). The van der Waals surface area contributed by atoms with Crippen molar-refractivity contribution in [2.75, 3.05) is 47.1 Å². The molecule has 0 radical (unpaired) electrons. The average molecular weight is 451 g/mol. The summed E-state index contributed by atoms with van der Waals surface area (Å²) in [6.07, 6.45) is 0.698. The van der Waals surface area contributed by atoms with Crippen molar-refractivity contribution < 1.29 is 19.0 Å². The maximum Gasteiger partial charge on any atom is 0.320 e. The minimum absolute atomic E-state index is 0.0251. The Kier molecular flexibility index (Phi) is 6.27. The van der Waals surface area contributed by atoms with Crippen LogP contribution >= 0.6 is 23.2 Å².